The summed E-state index contributed by atoms with van der Waals surface area (Å²) in [6.45, 7) is 4.99. The van der Waals surface area contributed by atoms with E-state index >= 15 is 0 Å². The third-order valence-electron chi connectivity index (χ3n) is 4.08. The van der Waals surface area contributed by atoms with E-state index in [0.717, 1.165) is 11.3 Å². The zero-order valence-corrected chi connectivity index (χ0v) is 19.2. The Hall–Kier alpha value is -3.44. The Labute approximate surface area is 189 Å². The van der Waals surface area contributed by atoms with Gasteiger partial charge in [-0.05, 0) is 56.3 Å². The number of aryl methyl sites for hydroxylation is 1. The summed E-state index contributed by atoms with van der Waals surface area (Å²) in [5.41, 5.74) is 1.49. The average Bonchev–Trinajstić information content (AvgIpc) is 3.34. The number of rotatable bonds is 8. The molecule has 1 amide bonds. The number of sulfonamides is 1. The van der Waals surface area contributed by atoms with Crippen molar-refractivity contribution in [2.45, 2.75) is 25.0 Å². The van der Waals surface area contributed by atoms with Gasteiger partial charge in [0.25, 0.3) is 10.0 Å². The van der Waals surface area contributed by atoms with Crippen molar-refractivity contribution in [2.75, 3.05) is 16.6 Å². The number of carbonyl (C=O) groups excluding carboxylic acids is 2. The summed E-state index contributed by atoms with van der Waals surface area (Å²) in [6.07, 6.45) is 3.26. The van der Waals surface area contributed by atoms with Gasteiger partial charge in [-0.25, -0.2) is 13.2 Å². The Morgan fingerprint density at radius 2 is 2.00 bits per heavy atom. The molecule has 0 spiro atoms. The van der Waals surface area contributed by atoms with Crippen LogP contribution in [0, 0.1) is 6.92 Å². The normalized spacial score (nSPS) is 11.5. The lowest BCUT2D eigenvalue weighted by atomic mass is 10.2. The topological polar surface area (TPSA) is 128 Å². The molecule has 0 aliphatic carbocycles. The zero-order chi connectivity index (χ0) is 23.3. The van der Waals surface area contributed by atoms with Crippen LogP contribution < -0.4 is 10.0 Å². The van der Waals surface area contributed by atoms with E-state index < -0.39 is 16.0 Å². The van der Waals surface area contributed by atoms with E-state index in [1.807, 2.05) is 0 Å². The molecule has 32 heavy (non-hydrogen) atoms. The number of amides is 1. The molecular formula is C21H21N3O6S2. The van der Waals surface area contributed by atoms with Crippen molar-refractivity contribution in [3.8, 4) is 0 Å². The lowest BCUT2D eigenvalue weighted by Crippen LogP contribution is -2.12. The first-order valence-corrected chi connectivity index (χ1v) is 11.8. The molecule has 2 heterocycles. The van der Waals surface area contributed by atoms with Crippen LogP contribution in [0.2, 0.25) is 0 Å². The van der Waals surface area contributed by atoms with Crippen LogP contribution in [-0.4, -0.2) is 32.1 Å². The van der Waals surface area contributed by atoms with Gasteiger partial charge in [-0.1, -0.05) is 11.2 Å². The molecule has 0 aliphatic rings. The molecule has 2 N–H and O–H groups in total. The van der Waals surface area contributed by atoms with E-state index in [0.29, 0.717) is 22.0 Å². The average molecular weight is 476 g/mol. The summed E-state index contributed by atoms with van der Waals surface area (Å²) in [5, 5.41) is 6.48. The molecule has 9 nitrogen and oxygen atoms in total. The molecular weight excluding hydrogens is 454 g/mol. The monoisotopic (exact) mass is 475 g/mol. The van der Waals surface area contributed by atoms with Crippen molar-refractivity contribution >= 4 is 56.8 Å². The molecule has 0 unspecified atom stereocenters. The summed E-state index contributed by atoms with van der Waals surface area (Å²) in [7, 11) is -3.86. The smallest absolute Gasteiger partial charge is 0.338 e. The molecule has 2 aromatic heterocycles. The van der Waals surface area contributed by atoms with Gasteiger partial charge in [0.1, 0.15) is 15.6 Å². The quantitative estimate of drug-likeness (QED) is 0.468. The summed E-state index contributed by atoms with van der Waals surface area (Å²) in [5.74, 6) is -0.434. The molecule has 168 valence electrons. The number of anilines is 2. The molecule has 0 atom stereocenters. The maximum atomic E-state index is 12.8. The third-order valence-corrected chi connectivity index (χ3v) is 7.01. The fourth-order valence-electron chi connectivity index (χ4n) is 2.68. The van der Waals surface area contributed by atoms with Crippen molar-refractivity contribution in [1.29, 1.82) is 0 Å². The second kappa shape index (κ2) is 9.79. The predicted molar refractivity (Wildman–Crippen MR) is 122 cm³/mol. The lowest BCUT2D eigenvalue weighted by Gasteiger charge is -2.08. The van der Waals surface area contributed by atoms with Crippen LogP contribution in [0.15, 0.2) is 45.1 Å². The number of benzene rings is 1. The van der Waals surface area contributed by atoms with Crippen molar-refractivity contribution < 1.29 is 27.3 Å². The number of ether oxygens (including phenoxy) is 1. The molecule has 3 aromatic rings. The highest BCUT2D eigenvalue weighted by atomic mass is 32.2. The Bertz CT molecular complexity index is 1270. The maximum Gasteiger partial charge on any atom is 0.338 e. The van der Waals surface area contributed by atoms with E-state index in [9.17, 15) is 18.0 Å². The lowest BCUT2D eigenvalue weighted by molar-refractivity contribution is -0.114. The molecule has 11 heteroatoms. The Kier molecular flexibility index (Phi) is 7.11. The summed E-state index contributed by atoms with van der Waals surface area (Å²) >= 11 is 1.05. The number of hydrogen-bond acceptors (Lipinski definition) is 8. The summed E-state index contributed by atoms with van der Waals surface area (Å²) < 4.78 is 38.2. The Morgan fingerprint density at radius 1 is 1.22 bits per heavy atom. The predicted octanol–water partition coefficient (Wildman–Crippen LogP) is 4.15. The van der Waals surface area contributed by atoms with Gasteiger partial charge in [-0.15, -0.1) is 11.3 Å². The van der Waals surface area contributed by atoms with Crippen molar-refractivity contribution in [3.63, 3.8) is 0 Å². The standard InChI is InChI=1S/C21H21N3O6S2/c1-4-29-21(26)15-6-5-7-16(12-15)24-32(27,28)19-11-9-17(31-19)8-10-18-20(22-14(3)25)13(2)23-30-18/h5-12,24H,4H2,1-3H3,(H,22,25)/b10-8+. The van der Waals surface area contributed by atoms with Gasteiger partial charge in [0.05, 0.1) is 12.2 Å². The van der Waals surface area contributed by atoms with Gasteiger partial charge in [0.15, 0.2) is 5.76 Å². The van der Waals surface area contributed by atoms with Crippen LogP contribution in [0.3, 0.4) is 0 Å². The minimum atomic E-state index is -3.86. The minimum Gasteiger partial charge on any atom is -0.462 e. The van der Waals surface area contributed by atoms with E-state index in [2.05, 4.69) is 15.2 Å². The first-order valence-electron chi connectivity index (χ1n) is 9.51. The summed E-state index contributed by atoms with van der Waals surface area (Å²) in [6, 6.07) is 9.20. The van der Waals surface area contributed by atoms with Crippen LogP contribution >= 0.6 is 11.3 Å². The van der Waals surface area contributed by atoms with Gasteiger partial charge >= 0.3 is 5.97 Å². The van der Waals surface area contributed by atoms with Crippen molar-refractivity contribution in [2.24, 2.45) is 0 Å². The van der Waals surface area contributed by atoms with E-state index in [4.69, 9.17) is 9.26 Å². The Morgan fingerprint density at radius 3 is 2.72 bits per heavy atom. The van der Waals surface area contributed by atoms with Gasteiger partial charge in [-0.2, -0.15) is 0 Å². The SMILES string of the molecule is CCOC(=O)c1cccc(NS(=O)(=O)c2ccc(/C=C/c3onc(C)c3NC(C)=O)s2)c1. The van der Waals surface area contributed by atoms with Crippen LogP contribution in [-0.2, 0) is 19.6 Å². The first kappa shape index (κ1) is 23.2. The van der Waals surface area contributed by atoms with Gasteiger partial charge < -0.3 is 14.6 Å². The number of nitrogens with zero attached hydrogens (tertiary/aromatic N) is 1. The van der Waals surface area contributed by atoms with Gasteiger partial charge in [0, 0.05) is 17.5 Å². The number of thiophene rings is 1. The highest BCUT2D eigenvalue weighted by Gasteiger charge is 2.18. The second-order valence-corrected chi connectivity index (χ2v) is 9.61. The molecule has 0 aliphatic heterocycles. The molecule has 0 radical (unpaired) electrons. The molecule has 0 saturated heterocycles. The van der Waals surface area contributed by atoms with Crippen LogP contribution in [0.5, 0.6) is 0 Å². The van der Waals surface area contributed by atoms with E-state index in [-0.39, 0.29) is 28.0 Å². The third kappa shape index (κ3) is 5.62. The fraction of sp³-hybridized carbons (Fsp3) is 0.190. The molecule has 3 rings (SSSR count). The van der Waals surface area contributed by atoms with Crippen molar-refractivity contribution in [1.82, 2.24) is 5.16 Å². The highest BCUT2D eigenvalue weighted by Crippen LogP contribution is 2.27. The molecule has 1 aromatic carbocycles. The number of hydrogen-bond donors (Lipinski definition) is 2. The zero-order valence-electron chi connectivity index (χ0n) is 17.5. The van der Waals surface area contributed by atoms with Gasteiger partial charge in [-0.3, -0.25) is 9.52 Å². The summed E-state index contributed by atoms with van der Waals surface area (Å²) in [4.78, 5) is 23.9. The number of esters is 1. The molecule has 0 saturated carbocycles. The fourth-order valence-corrected chi connectivity index (χ4v) is 4.96. The molecule has 0 fully saturated rings. The number of nitrogens with one attached hydrogen (secondary N) is 2. The minimum absolute atomic E-state index is 0.0922. The van der Waals surface area contributed by atoms with Crippen molar-refractivity contribution in [3.05, 3.63) is 58.3 Å². The van der Waals surface area contributed by atoms with Crippen LogP contribution in [0.25, 0.3) is 12.2 Å². The number of carbonyl (C=O) groups is 2. The van der Waals surface area contributed by atoms with Crippen LogP contribution in [0.4, 0.5) is 11.4 Å². The largest absolute Gasteiger partial charge is 0.462 e. The second-order valence-electron chi connectivity index (χ2n) is 6.59. The Balaban J connectivity index is 1.76. The van der Waals surface area contributed by atoms with Crippen LogP contribution in [0.1, 0.15) is 40.5 Å². The first-order chi connectivity index (χ1) is 15.2. The molecule has 0 bridgehead atoms. The highest BCUT2D eigenvalue weighted by molar-refractivity contribution is 7.94. The van der Waals surface area contributed by atoms with Gasteiger partial charge in [0.2, 0.25) is 5.91 Å². The van der Waals surface area contributed by atoms with E-state index in [1.165, 1.54) is 19.1 Å². The maximum absolute atomic E-state index is 12.8. The number of aromatic nitrogens is 1. The van der Waals surface area contributed by atoms with E-state index in [1.54, 1.807) is 50.3 Å².